The summed E-state index contributed by atoms with van der Waals surface area (Å²) in [4.78, 5) is 13.4. The van der Waals surface area contributed by atoms with E-state index in [0.717, 1.165) is 70.6 Å². The van der Waals surface area contributed by atoms with Crippen molar-refractivity contribution in [3.63, 3.8) is 0 Å². The summed E-state index contributed by atoms with van der Waals surface area (Å²) in [6.45, 7) is 1.57. The molecule has 87 heavy (non-hydrogen) atoms. The molecule has 19 heteroatoms. The molecule has 3 rings (SSSR count). The molecule has 3 aliphatic rings. The lowest BCUT2D eigenvalue weighted by Crippen LogP contribution is -2.66. The summed E-state index contributed by atoms with van der Waals surface area (Å²) in [5.74, 6) is -0.319. The van der Waals surface area contributed by atoms with Crippen LogP contribution < -0.4 is 5.32 Å². The van der Waals surface area contributed by atoms with E-state index in [1.807, 2.05) is 6.08 Å². The Balaban J connectivity index is 1.49. The van der Waals surface area contributed by atoms with Crippen molar-refractivity contribution in [2.75, 3.05) is 26.4 Å². The van der Waals surface area contributed by atoms with Crippen molar-refractivity contribution in [2.24, 2.45) is 0 Å². The minimum Gasteiger partial charge on any atom is -0.394 e. The van der Waals surface area contributed by atoms with E-state index in [9.17, 15) is 61.0 Å². The zero-order valence-corrected chi connectivity index (χ0v) is 52.7. The van der Waals surface area contributed by atoms with E-state index in [1.54, 1.807) is 6.08 Å². The standard InChI is InChI=1S/C68H117NO18/c1-3-5-7-9-11-13-15-17-19-21-23-24-25-26-28-29-31-33-35-37-39-41-43-45-52(73)51(69-56(74)46-44-42-40-38-36-34-32-30-27-22-20-18-16-14-12-10-8-6-4-2)50-82-66-62(80)59(77)64(54(48-71)84-66)87-68-63(81)60(78)65(55(49-72)85-68)86-67-61(79)58(76)57(75)53(47-70)83-67/h6,8,12,14,18,20,27,30,34-37,43,45,51-55,57-68,70-73,75-81H,3-5,7,9-11,13,15-17,19,21-26,28-29,31-33,38-42,44,46-50H2,1-2H3,(H,69,74)/b8-6-,14-12-,20-18-,30-27-,36-34-,37-35+,45-43+. The molecule has 19 nitrogen and oxygen atoms in total. The average molecular weight is 1240 g/mol. The van der Waals surface area contributed by atoms with Crippen LogP contribution in [0.2, 0.25) is 0 Å². The minimum atomic E-state index is -1.99. The fraction of sp³-hybridized carbons (Fsp3) is 0.779. The Morgan fingerprint density at radius 2 is 0.805 bits per heavy atom. The molecule has 0 spiro atoms. The van der Waals surface area contributed by atoms with Gasteiger partial charge in [0.15, 0.2) is 18.9 Å². The lowest BCUT2D eigenvalue weighted by molar-refractivity contribution is -0.379. The van der Waals surface area contributed by atoms with E-state index in [1.165, 1.54) is 103 Å². The number of carbonyl (C=O) groups excluding carboxylic acids is 1. The zero-order valence-electron chi connectivity index (χ0n) is 52.7. The molecule has 3 heterocycles. The molecule has 0 aliphatic carbocycles. The van der Waals surface area contributed by atoms with Crippen molar-refractivity contribution in [1.29, 1.82) is 0 Å². The summed E-state index contributed by atoms with van der Waals surface area (Å²) >= 11 is 0. The number of unbranched alkanes of at least 4 members (excludes halogenated alkanes) is 21. The Morgan fingerprint density at radius 3 is 1.29 bits per heavy atom. The number of carbonyl (C=O) groups is 1. The van der Waals surface area contributed by atoms with E-state index in [4.69, 9.17) is 28.4 Å². The number of aliphatic hydroxyl groups excluding tert-OH is 11. The number of ether oxygens (including phenoxy) is 6. The molecule has 0 radical (unpaired) electrons. The van der Waals surface area contributed by atoms with Gasteiger partial charge < -0.3 is 89.9 Å². The summed E-state index contributed by atoms with van der Waals surface area (Å²) in [5, 5.41) is 120. The highest BCUT2D eigenvalue weighted by molar-refractivity contribution is 5.76. The number of amides is 1. The molecule has 1 amide bonds. The number of allylic oxidation sites excluding steroid dienone is 13. The smallest absolute Gasteiger partial charge is 0.220 e. The Hall–Kier alpha value is -3.03. The van der Waals surface area contributed by atoms with Gasteiger partial charge in [-0.2, -0.15) is 0 Å². The van der Waals surface area contributed by atoms with Gasteiger partial charge in [-0.05, 0) is 77.0 Å². The van der Waals surface area contributed by atoms with E-state index < -0.39 is 124 Å². The molecule has 3 aliphatic heterocycles. The van der Waals surface area contributed by atoms with Crippen LogP contribution >= 0.6 is 0 Å². The molecular formula is C68H117NO18. The fourth-order valence-corrected chi connectivity index (χ4v) is 10.8. The molecule has 3 saturated heterocycles. The van der Waals surface area contributed by atoms with Crippen molar-refractivity contribution in [3.05, 3.63) is 85.1 Å². The van der Waals surface area contributed by atoms with Gasteiger partial charge in [0.2, 0.25) is 5.91 Å². The van der Waals surface area contributed by atoms with Crippen LogP contribution in [-0.2, 0) is 33.2 Å². The van der Waals surface area contributed by atoms with Gasteiger partial charge >= 0.3 is 0 Å². The van der Waals surface area contributed by atoms with Crippen molar-refractivity contribution in [3.8, 4) is 0 Å². The SMILES string of the molecule is CC/C=C\C/C=C\C/C=C\C/C=C\C/C=C\CCCCCC(=O)NC(COC1OC(CO)C(OC2OC(CO)C(OC3OC(CO)C(O)C(O)C3O)C(O)C2O)C(O)C1O)C(O)/C=C/CC/C=C/CCCCCCCCCCCCCCCCCCC. The molecule has 502 valence electrons. The third kappa shape index (κ3) is 32.2. The molecule has 0 aromatic rings. The Labute approximate surface area is 520 Å². The first-order valence-corrected chi connectivity index (χ1v) is 33.3. The van der Waals surface area contributed by atoms with Crippen LogP contribution in [-0.4, -0.2) is 193 Å². The topological polar surface area (TPSA) is 307 Å². The highest BCUT2D eigenvalue weighted by Gasteiger charge is 2.53. The van der Waals surface area contributed by atoms with Gasteiger partial charge in [-0.1, -0.05) is 208 Å². The number of rotatable bonds is 49. The van der Waals surface area contributed by atoms with E-state index >= 15 is 0 Å². The monoisotopic (exact) mass is 1240 g/mol. The van der Waals surface area contributed by atoms with Crippen molar-refractivity contribution in [1.82, 2.24) is 5.32 Å². The number of hydrogen-bond donors (Lipinski definition) is 12. The Morgan fingerprint density at radius 1 is 0.425 bits per heavy atom. The lowest BCUT2D eigenvalue weighted by Gasteiger charge is -2.48. The van der Waals surface area contributed by atoms with Crippen LogP contribution in [0.3, 0.4) is 0 Å². The molecule has 0 saturated carbocycles. The van der Waals surface area contributed by atoms with Gasteiger partial charge in [0, 0.05) is 6.42 Å². The first kappa shape index (κ1) is 78.2. The molecule has 17 unspecified atom stereocenters. The average Bonchev–Trinajstić information content (AvgIpc) is 2.87. The zero-order chi connectivity index (χ0) is 63.3. The summed E-state index contributed by atoms with van der Waals surface area (Å²) in [7, 11) is 0. The Bertz CT molecular complexity index is 1910. The van der Waals surface area contributed by atoms with E-state index in [2.05, 4.69) is 92.1 Å². The largest absolute Gasteiger partial charge is 0.394 e. The van der Waals surface area contributed by atoms with Crippen molar-refractivity contribution in [2.45, 2.75) is 311 Å². The quantitative estimate of drug-likeness (QED) is 0.0203. The van der Waals surface area contributed by atoms with Crippen LogP contribution in [0.25, 0.3) is 0 Å². The molecule has 0 aromatic carbocycles. The van der Waals surface area contributed by atoms with Crippen LogP contribution in [0.1, 0.15) is 206 Å². The molecule has 3 fully saturated rings. The minimum absolute atomic E-state index is 0.192. The van der Waals surface area contributed by atoms with Crippen LogP contribution in [0.5, 0.6) is 0 Å². The third-order valence-corrected chi connectivity index (χ3v) is 16.2. The molecule has 12 N–H and O–H groups in total. The highest BCUT2D eigenvalue weighted by Crippen LogP contribution is 2.33. The first-order chi connectivity index (χ1) is 42.3. The fourth-order valence-electron chi connectivity index (χ4n) is 10.8. The van der Waals surface area contributed by atoms with Crippen LogP contribution in [0.15, 0.2) is 85.1 Å². The summed E-state index contributed by atoms with van der Waals surface area (Å²) in [5.41, 5.74) is 0. The maximum atomic E-state index is 13.4. The maximum Gasteiger partial charge on any atom is 0.220 e. The predicted octanol–water partition coefficient (Wildman–Crippen LogP) is 7.93. The number of aliphatic hydroxyl groups is 11. The highest BCUT2D eigenvalue weighted by atomic mass is 16.8. The van der Waals surface area contributed by atoms with Gasteiger partial charge in [-0.15, -0.1) is 0 Å². The maximum absolute atomic E-state index is 13.4. The van der Waals surface area contributed by atoms with E-state index in [-0.39, 0.29) is 18.9 Å². The van der Waals surface area contributed by atoms with Gasteiger partial charge in [0.05, 0.1) is 38.6 Å². The van der Waals surface area contributed by atoms with Gasteiger partial charge in [0.1, 0.15) is 73.2 Å². The summed E-state index contributed by atoms with van der Waals surface area (Å²) in [6.07, 6.45) is 35.6. The van der Waals surface area contributed by atoms with Crippen LogP contribution in [0, 0.1) is 0 Å². The summed E-state index contributed by atoms with van der Waals surface area (Å²) in [6, 6.07) is -1.01. The second-order valence-electron chi connectivity index (χ2n) is 23.5. The Kier molecular flexibility index (Phi) is 44.6. The van der Waals surface area contributed by atoms with Crippen molar-refractivity contribution >= 4 is 5.91 Å². The van der Waals surface area contributed by atoms with Crippen LogP contribution in [0.4, 0.5) is 0 Å². The molecule has 0 aromatic heterocycles. The number of hydrogen-bond acceptors (Lipinski definition) is 18. The second-order valence-corrected chi connectivity index (χ2v) is 23.5. The normalized spacial score (nSPS) is 29.1. The first-order valence-electron chi connectivity index (χ1n) is 33.3. The van der Waals surface area contributed by atoms with Gasteiger partial charge in [-0.25, -0.2) is 0 Å². The van der Waals surface area contributed by atoms with Gasteiger partial charge in [-0.3, -0.25) is 4.79 Å². The lowest BCUT2D eigenvalue weighted by atomic mass is 9.96. The van der Waals surface area contributed by atoms with Gasteiger partial charge in [0.25, 0.3) is 0 Å². The summed E-state index contributed by atoms with van der Waals surface area (Å²) < 4.78 is 34.3. The molecular weight excluding hydrogens is 1120 g/mol. The molecule has 17 atom stereocenters. The van der Waals surface area contributed by atoms with E-state index in [0.29, 0.717) is 12.8 Å². The van der Waals surface area contributed by atoms with Crippen molar-refractivity contribution < 1.29 is 89.4 Å². The number of nitrogens with one attached hydrogen (secondary N) is 1. The predicted molar refractivity (Wildman–Crippen MR) is 337 cm³/mol. The molecule has 0 bridgehead atoms. The second kappa shape index (κ2) is 49.6. The third-order valence-electron chi connectivity index (χ3n) is 16.2.